The Bertz CT molecular complexity index is 646. The summed E-state index contributed by atoms with van der Waals surface area (Å²) in [6.07, 6.45) is 0.379. The Morgan fingerprint density at radius 2 is 1.62 bits per heavy atom. The Kier molecular flexibility index (Phi) is 4.78. The predicted molar refractivity (Wildman–Crippen MR) is 86.7 cm³/mol. The molecule has 2 amide bonds. The van der Waals surface area contributed by atoms with Gasteiger partial charge in [-0.05, 0) is 31.0 Å². The van der Waals surface area contributed by atoms with Gasteiger partial charge < -0.3 is 24.0 Å². The van der Waals surface area contributed by atoms with Crippen molar-refractivity contribution in [3.05, 3.63) is 23.3 Å². The van der Waals surface area contributed by atoms with Crippen LogP contribution in [-0.4, -0.2) is 68.3 Å². The molecule has 1 fully saturated rings. The molecule has 0 aromatic heterocycles. The van der Waals surface area contributed by atoms with Crippen molar-refractivity contribution in [3.63, 3.8) is 0 Å². The Morgan fingerprint density at radius 3 is 2.33 bits per heavy atom. The number of hydrogen-bond acceptors (Lipinski definition) is 5. The van der Waals surface area contributed by atoms with Crippen LogP contribution in [0.1, 0.15) is 22.3 Å². The highest BCUT2D eigenvalue weighted by atomic mass is 16.6. The number of amides is 2. The van der Waals surface area contributed by atoms with E-state index in [1.807, 2.05) is 13.0 Å². The summed E-state index contributed by atoms with van der Waals surface area (Å²) in [6, 6.07) is 3.61. The van der Waals surface area contributed by atoms with Crippen molar-refractivity contribution in [2.24, 2.45) is 0 Å². The fourth-order valence-corrected chi connectivity index (χ4v) is 3.02. The monoisotopic (exact) mass is 334 g/mol. The molecule has 2 aliphatic rings. The van der Waals surface area contributed by atoms with Gasteiger partial charge in [0.2, 0.25) is 0 Å². The van der Waals surface area contributed by atoms with Gasteiger partial charge in [-0.2, -0.15) is 0 Å². The molecule has 7 heteroatoms. The van der Waals surface area contributed by atoms with E-state index in [2.05, 4.69) is 0 Å². The first-order chi connectivity index (χ1) is 11.6. The van der Waals surface area contributed by atoms with Crippen LogP contribution in [0.25, 0.3) is 0 Å². The van der Waals surface area contributed by atoms with Crippen molar-refractivity contribution in [1.82, 2.24) is 9.80 Å². The first-order valence-corrected chi connectivity index (χ1v) is 8.12. The Labute approximate surface area is 141 Å². The third kappa shape index (κ3) is 3.25. The van der Waals surface area contributed by atoms with Crippen molar-refractivity contribution >= 4 is 12.0 Å². The lowest BCUT2D eigenvalue weighted by Crippen LogP contribution is -2.37. The molecule has 130 valence electrons. The molecule has 0 N–H and O–H groups in total. The van der Waals surface area contributed by atoms with E-state index in [-0.39, 0.29) is 12.0 Å². The highest BCUT2D eigenvalue weighted by molar-refractivity contribution is 5.96. The Morgan fingerprint density at radius 1 is 1.00 bits per heavy atom. The number of carbonyl (C=O) groups excluding carboxylic acids is 2. The molecule has 7 nitrogen and oxygen atoms in total. The molecular weight excluding hydrogens is 312 g/mol. The quantitative estimate of drug-likeness (QED) is 0.782. The van der Waals surface area contributed by atoms with Gasteiger partial charge in [0.15, 0.2) is 11.5 Å². The predicted octanol–water partition coefficient (Wildman–Crippen LogP) is 1.68. The summed E-state index contributed by atoms with van der Waals surface area (Å²) in [5.41, 5.74) is 1.48. The van der Waals surface area contributed by atoms with E-state index in [9.17, 15) is 9.59 Å². The summed E-state index contributed by atoms with van der Waals surface area (Å²) in [6.45, 7) is 5.07. The second kappa shape index (κ2) is 6.98. The van der Waals surface area contributed by atoms with Gasteiger partial charge in [-0.3, -0.25) is 4.79 Å². The summed E-state index contributed by atoms with van der Waals surface area (Å²) >= 11 is 0. The maximum atomic E-state index is 12.9. The number of carbonyl (C=O) groups is 2. The maximum absolute atomic E-state index is 12.9. The van der Waals surface area contributed by atoms with E-state index in [4.69, 9.17) is 14.2 Å². The first-order valence-electron chi connectivity index (χ1n) is 8.12. The van der Waals surface area contributed by atoms with Crippen molar-refractivity contribution in [2.45, 2.75) is 13.3 Å². The summed E-state index contributed by atoms with van der Waals surface area (Å²) in [4.78, 5) is 28.0. The van der Waals surface area contributed by atoms with E-state index in [0.717, 1.165) is 12.0 Å². The van der Waals surface area contributed by atoms with Crippen LogP contribution in [0.5, 0.6) is 11.5 Å². The molecule has 0 aliphatic carbocycles. The van der Waals surface area contributed by atoms with Gasteiger partial charge in [-0.25, -0.2) is 4.79 Å². The molecule has 1 aromatic carbocycles. The van der Waals surface area contributed by atoms with E-state index >= 15 is 0 Å². The number of fused-ring (bicyclic) bond motifs is 1. The van der Waals surface area contributed by atoms with E-state index in [0.29, 0.717) is 56.5 Å². The number of aryl methyl sites for hydroxylation is 1. The van der Waals surface area contributed by atoms with Crippen LogP contribution >= 0.6 is 0 Å². The smallest absolute Gasteiger partial charge is 0.409 e. The molecule has 3 rings (SSSR count). The van der Waals surface area contributed by atoms with Gasteiger partial charge in [0, 0.05) is 31.7 Å². The van der Waals surface area contributed by atoms with Crippen LogP contribution in [0.4, 0.5) is 4.79 Å². The molecule has 0 saturated carbocycles. The van der Waals surface area contributed by atoms with E-state index < -0.39 is 0 Å². The number of rotatable bonds is 1. The van der Waals surface area contributed by atoms with Crippen molar-refractivity contribution in [1.29, 1.82) is 0 Å². The zero-order valence-electron chi connectivity index (χ0n) is 14.0. The highest BCUT2D eigenvalue weighted by Crippen LogP contribution is 2.33. The molecule has 0 unspecified atom stereocenters. The number of benzene rings is 1. The van der Waals surface area contributed by atoms with Gasteiger partial charge in [0.05, 0.1) is 7.11 Å². The molecule has 0 radical (unpaired) electrons. The fourth-order valence-electron chi connectivity index (χ4n) is 3.02. The molecule has 2 aliphatic heterocycles. The molecule has 2 heterocycles. The third-order valence-electron chi connectivity index (χ3n) is 4.34. The van der Waals surface area contributed by atoms with Crippen LogP contribution in [0.15, 0.2) is 12.1 Å². The summed E-state index contributed by atoms with van der Waals surface area (Å²) in [7, 11) is 1.37. The summed E-state index contributed by atoms with van der Waals surface area (Å²) in [5.74, 6) is 1.25. The van der Waals surface area contributed by atoms with Crippen LogP contribution in [0, 0.1) is 6.92 Å². The van der Waals surface area contributed by atoms with Gasteiger partial charge >= 0.3 is 6.09 Å². The SMILES string of the molecule is COC(=O)N1CCCN(C(=O)c2cc3c(cc2C)OCCO3)CC1. The lowest BCUT2D eigenvalue weighted by molar-refractivity contribution is 0.0755. The summed E-state index contributed by atoms with van der Waals surface area (Å²) in [5, 5.41) is 0. The largest absolute Gasteiger partial charge is 0.486 e. The Balaban J connectivity index is 1.75. The van der Waals surface area contributed by atoms with Gasteiger partial charge in [0.1, 0.15) is 13.2 Å². The lowest BCUT2D eigenvalue weighted by atomic mass is 10.1. The third-order valence-corrected chi connectivity index (χ3v) is 4.34. The molecule has 24 heavy (non-hydrogen) atoms. The zero-order chi connectivity index (χ0) is 17.1. The average molecular weight is 334 g/mol. The average Bonchev–Trinajstić information content (AvgIpc) is 2.86. The number of hydrogen-bond donors (Lipinski definition) is 0. The highest BCUT2D eigenvalue weighted by Gasteiger charge is 2.25. The van der Waals surface area contributed by atoms with Gasteiger partial charge in [0.25, 0.3) is 5.91 Å². The molecule has 0 spiro atoms. The molecular formula is C17H22N2O5. The van der Waals surface area contributed by atoms with E-state index in [1.54, 1.807) is 15.9 Å². The fraction of sp³-hybridized carbons (Fsp3) is 0.529. The minimum absolute atomic E-state index is 0.0452. The van der Waals surface area contributed by atoms with Gasteiger partial charge in [-0.1, -0.05) is 0 Å². The minimum Gasteiger partial charge on any atom is -0.486 e. The Hall–Kier alpha value is -2.44. The summed E-state index contributed by atoms with van der Waals surface area (Å²) < 4.78 is 15.9. The van der Waals surface area contributed by atoms with Crippen LogP contribution in [-0.2, 0) is 4.74 Å². The maximum Gasteiger partial charge on any atom is 0.409 e. The van der Waals surface area contributed by atoms with Crippen molar-refractivity contribution < 1.29 is 23.8 Å². The zero-order valence-corrected chi connectivity index (χ0v) is 14.0. The second-order valence-electron chi connectivity index (χ2n) is 5.91. The minimum atomic E-state index is -0.347. The lowest BCUT2D eigenvalue weighted by Gasteiger charge is -2.24. The topological polar surface area (TPSA) is 68.3 Å². The standard InChI is InChI=1S/C17H22N2O5/c1-12-10-14-15(24-9-8-23-14)11-13(12)16(20)18-4-3-5-19(7-6-18)17(21)22-2/h10-11H,3-9H2,1-2H3. The van der Waals surface area contributed by atoms with E-state index in [1.165, 1.54) is 7.11 Å². The second-order valence-corrected chi connectivity index (χ2v) is 5.91. The van der Waals surface area contributed by atoms with Crippen LogP contribution in [0.3, 0.4) is 0 Å². The molecule has 1 aromatic rings. The molecule has 1 saturated heterocycles. The number of ether oxygens (including phenoxy) is 3. The normalized spacial score (nSPS) is 17.2. The number of nitrogens with zero attached hydrogens (tertiary/aromatic N) is 2. The first kappa shape index (κ1) is 16.4. The van der Waals surface area contributed by atoms with Crippen molar-refractivity contribution in [3.8, 4) is 11.5 Å². The molecule has 0 bridgehead atoms. The number of methoxy groups -OCH3 is 1. The van der Waals surface area contributed by atoms with Crippen molar-refractivity contribution in [2.75, 3.05) is 46.5 Å². The molecule has 0 atom stereocenters. The van der Waals surface area contributed by atoms with Crippen LogP contribution < -0.4 is 9.47 Å². The van der Waals surface area contributed by atoms with Crippen LogP contribution in [0.2, 0.25) is 0 Å². The van der Waals surface area contributed by atoms with Gasteiger partial charge in [-0.15, -0.1) is 0 Å².